The highest BCUT2D eigenvalue weighted by Gasteiger charge is 2.03. The Morgan fingerprint density at radius 1 is 1.14 bits per heavy atom. The SMILES string of the molecule is O=C(CCCc1ccc(Br)s1)NCCc1ccc(Cl)cc1. The standard InChI is InChI=1S/C16H17BrClNOS/c17-15-9-8-14(21-15)2-1-3-16(20)19-11-10-12-4-6-13(18)7-5-12/h4-9H,1-3,10-11H2,(H,19,20). The van der Waals surface area contributed by atoms with Gasteiger partial charge in [-0.05, 0) is 65.0 Å². The van der Waals surface area contributed by atoms with Gasteiger partial charge in [-0.25, -0.2) is 0 Å². The van der Waals surface area contributed by atoms with E-state index in [-0.39, 0.29) is 5.91 Å². The summed E-state index contributed by atoms with van der Waals surface area (Å²) in [5, 5.41) is 3.70. The summed E-state index contributed by atoms with van der Waals surface area (Å²) in [7, 11) is 0. The van der Waals surface area contributed by atoms with Crippen molar-refractivity contribution in [2.45, 2.75) is 25.7 Å². The molecule has 0 radical (unpaired) electrons. The second kappa shape index (κ2) is 8.57. The molecule has 0 bridgehead atoms. The van der Waals surface area contributed by atoms with E-state index in [1.165, 1.54) is 10.4 Å². The highest BCUT2D eigenvalue weighted by Crippen LogP contribution is 2.23. The van der Waals surface area contributed by atoms with Gasteiger partial charge in [0.1, 0.15) is 0 Å². The number of thiophene rings is 1. The van der Waals surface area contributed by atoms with E-state index in [0.29, 0.717) is 13.0 Å². The van der Waals surface area contributed by atoms with Crippen LogP contribution in [0.25, 0.3) is 0 Å². The number of carbonyl (C=O) groups is 1. The van der Waals surface area contributed by atoms with Crippen molar-refractivity contribution in [1.29, 1.82) is 0 Å². The molecule has 112 valence electrons. The van der Waals surface area contributed by atoms with Gasteiger partial charge in [0.05, 0.1) is 3.79 Å². The van der Waals surface area contributed by atoms with Crippen LogP contribution in [0.4, 0.5) is 0 Å². The van der Waals surface area contributed by atoms with Crippen molar-refractivity contribution in [1.82, 2.24) is 5.32 Å². The molecule has 2 aromatic rings. The van der Waals surface area contributed by atoms with Crippen molar-refractivity contribution >= 4 is 44.8 Å². The van der Waals surface area contributed by atoms with Crippen LogP contribution in [0, 0.1) is 0 Å². The number of amides is 1. The van der Waals surface area contributed by atoms with Gasteiger partial charge in [-0.1, -0.05) is 23.7 Å². The molecule has 0 saturated carbocycles. The number of aryl methyl sites for hydroxylation is 1. The first-order valence-corrected chi connectivity index (χ1v) is 8.87. The maximum Gasteiger partial charge on any atom is 0.220 e. The van der Waals surface area contributed by atoms with Gasteiger partial charge in [-0.15, -0.1) is 11.3 Å². The van der Waals surface area contributed by atoms with Crippen LogP contribution in [0.2, 0.25) is 5.02 Å². The lowest BCUT2D eigenvalue weighted by molar-refractivity contribution is -0.121. The Bertz CT molecular complexity index is 582. The second-order valence-corrected chi connectivity index (χ2v) is 7.77. The number of nitrogens with one attached hydrogen (secondary N) is 1. The summed E-state index contributed by atoms with van der Waals surface area (Å²) in [6.07, 6.45) is 3.26. The van der Waals surface area contributed by atoms with Crippen molar-refractivity contribution < 1.29 is 4.79 Å². The van der Waals surface area contributed by atoms with Crippen LogP contribution < -0.4 is 5.32 Å². The molecule has 1 aromatic carbocycles. The molecule has 21 heavy (non-hydrogen) atoms. The van der Waals surface area contributed by atoms with Crippen molar-refractivity contribution in [3.63, 3.8) is 0 Å². The molecule has 0 aliphatic rings. The normalized spacial score (nSPS) is 10.6. The minimum atomic E-state index is 0.125. The van der Waals surface area contributed by atoms with Crippen LogP contribution in [0.5, 0.6) is 0 Å². The van der Waals surface area contributed by atoms with E-state index in [2.05, 4.69) is 27.3 Å². The van der Waals surface area contributed by atoms with Crippen LogP contribution in [-0.4, -0.2) is 12.5 Å². The summed E-state index contributed by atoms with van der Waals surface area (Å²) in [5.41, 5.74) is 1.18. The quantitative estimate of drug-likeness (QED) is 0.724. The van der Waals surface area contributed by atoms with Crippen LogP contribution in [-0.2, 0) is 17.6 Å². The molecule has 0 unspecified atom stereocenters. The Morgan fingerprint density at radius 3 is 2.57 bits per heavy atom. The van der Waals surface area contributed by atoms with E-state index in [1.54, 1.807) is 11.3 Å². The average Bonchev–Trinajstić information content (AvgIpc) is 2.87. The number of benzene rings is 1. The fourth-order valence-electron chi connectivity index (χ4n) is 2.00. The molecule has 0 fully saturated rings. The third-order valence-corrected chi connectivity index (χ3v) is 5.04. The van der Waals surface area contributed by atoms with Crippen molar-refractivity contribution in [3.8, 4) is 0 Å². The Hall–Kier alpha value is -0.840. The zero-order valence-corrected chi connectivity index (χ0v) is 14.7. The summed E-state index contributed by atoms with van der Waals surface area (Å²) in [5.74, 6) is 0.125. The van der Waals surface area contributed by atoms with E-state index >= 15 is 0 Å². The summed E-state index contributed by atoms with van der Waals surface area (Å²) < 4.78 is 1.14. The van der Waals surface area contributed by atoms with Gasteiger partial charge in [0, 0.05) is 22.9 Å². The number of hydrogen-bond donors (Lipinski definition) is 1. The monoisotopic (exact) mass is 385 g/mol. The molecular weight excluding hydrogens is 370 g/mol. The fourth-order valence-corrected chi connectivity index (χ4v) is 3.65. The lowest BCUT2D eigenvalue weighted by Crippen LogP contribution is -2.25. The Morgan fingerprint density at radius 2 is 1.90 bits per heavy atom. The molecular formula is C16H17BrClNOS. The number of carbonyl (C=O) groups excluding carboxylic acids is 1. The molecule has 0 aliphatic heterocycles. The van der Waals surface area contributed by atoms with Crippen molar-refractivity contribution in [2.24, 2.45) is 0 Å². The molecule has 0 aliphatic carbocycles. The van der Waals surface area contributed by atoms with E-state index in [4.69, 9.17) is 11.6 Å². The Balaban J connectivity index is 1.60. The second-order valence-electron chi connectivity index (χ2n) is 4.79. The zero-order chi connectivity index (χ0) is 15.1. The molecule has 1 aromatic heterocycles. The summed E-state index contributed by atoms with van der Waals surface area (Å²) in [6.45, 7) is 0.672. The molecule has 0 atom stereocenters. The van der Waals surface area contributed by atoms with Crippen molar-refractivity contribution in [3.05, 3.63) is 55.6 Å². The smallest absolute Gasteiger partial charge is 0.220 e. The molecule has 5 heteroatoms. The molecule has 2 nitrogen and oxygen atoms in total. The summed E-state index contributed by atoms with van der Waals surface area (Å²) in [4.78, 5) is 13.1. The lowest BCUT2D eigenvalue weighted by atomic mass is 10.1. The van der Waals surface area contributed by atoms with E-state index < -0.39 is 0 Å². The van der Waals surface area contributed by atoms with Crippen LogP contribution in [0.3, 0.4) is 0 Å². The minimum absolute atomic E-state index is 0.125. The van der Waals surface area contributed by atoms with Crippen LogP contribution in [0.1, 0.15) is 23.3 Å². The van der Waals surface area contributed by atoms with Gasteiger partial charge in [0.15, 0.2) is 0 Å². The number of rotatable bonds is 7. The van der Waals surface area contributed by atoms with Crippen molar-refractivity contribution in [2.75, 3.05) is 6.54 Å². The van der Waals surface area contributed by atoms with Gasteiger partial charge in [0.25, 0.3) is 0 Å². The number of halogens is 2. The van der Waals surface area contributed by atoms with Gasteiger partial charge < -0.3 is 5.32 Å². The summed E-state index contributed by atoms with van der Waals surface area (Å²) >= 11 is 11.0. The average molecular weight is 387 g/mol. The van der Waals surface area contributed by atoms with Gasteiger partial charge in [-0.2, -0.15) is 0 Å². The van der Waals surface area contributed by atoms with Crippen LogP contribution >= 0.6 is 38.9 Å². The van der Waals surface area contributed by atoms with E-state index in [0.717, 1.165) is 28.1 Å². The first-order chi connectivity index (χ1) is 10.1. The molecule has 0 spiro atoms. The summed E-state index contributed by atoms with van der Waals surface area (Å²) in [6, 6.07) is 11.9. The lowest BCUT2D eigenvalue weighted by Gasteiger charge is -2.05. The van der Waals surface area contributed by atoms with Gasteiger partial charge >= 0.3 is 0 Å². The molecule has 1 heterocycles. The molecule has 1 amide bonds. The first-order valence-electron chi connectivity index (χ1n) is 6.89. The van der Waals surface area contributed by atoms with Gasteiger partial charge in [-0.3, -0.25) is 4.79 Å². The highest BCUT2D eigenvalue weighted by atomic mass is 79.9. The highest BCUT2D eigenvalue weighted by molar-refractivity contribution is 9.11. The first kappa shape index (κ1) is 16.5. The maximum absolute atomic E-state index is 11.7. The molecule has 1 N–H and O–H groups in total. The topological polar surface area (TPSA) is 29.1 Å². The Kier molecular flexibility index (Phi) is 6.74. The minimum Gasteiger partial charge on any atom is -0.356 e. The molecule has 2 rings (SSSR count). The predicted molar refractivity (Wildman–Crippen MR) is 93.1 cm³/mol. The van der Waals surface area contributed by atoms with E-state index in [1.807, 2.05) is 30.3 Å². The van der Waals surface area contributed by atoms with E-state index in [9.17, 15) is 4.79 Å². The largest absolute Gasteiger partial charge is 0.356 e. The van der Waals surface area contributed by atoms with Crippen LogP contribution in [0.15, 0.2) is 40.2 Å². The zero-order valence-electron chi connectivity index (χ0n) is 11.6. The molecule has 0 saturated heterocycles. The fraction of sp³-hybridized carbons (Fsp3) is 0.312. The van der Waals surface area contributed by atoms with Gasteiger partial charge in [0.2, 0.25) is 5.91 Å². The predicted octanol–water partition coefficient (Wildman–Crippen LogP) is 4.85. The number of hydrogen-bond acceptors (Lipinski definition) is 2. The third-order valence-electron chi connectivity index (χ3n) is 3.10. The maximum atomic E-state index is 11.7. The Labute approximate surface area is 142 Å². The third kappa shape index (κ3) is 6.20.